The molecule has 0 atom stereocenters. The molecular weight excluding hydrogens is 256 g/mol. The van der Waals surface area contributed by atoms with Gasteiger partial charge in [0.15, 0.2) is 0 Å². The molecule has 100 valence electrons. The van der Waals surface area contributed by atoms with E-state index in [1.54, 1.807) is 37.4 Å². The molecule has 0 unspecified atom stereocenters. The Morgan fingerprint density at radius 2 is 1.95 bits per heavy atom. The van der Waals surface area contributed by atoms with E-state index in [1.807, 2.05) is 6.92 Å². The van der Waals surface area contributed by atoms with Gasteiger partial charge in [-0.15, -0.1) is 0 Å². The third-order valence-electron chi connectivity index (χ3n) is 2.87. The Bertz CT molecular complexity index is 767. The van der Waals surface area contributed by atoms with Crippen LogP contribution in [0.3, 0.4) is 0 Å². The van der Waals surface area contributed by atoms with E-state index >= 15 is 0 Å². The number of hydrogen-bond acceptors (Lipinski definition) is 6. The van der Waals surface area contributed by atoms with Crippen molar-refractivity contribution in [2.75, 3.05) is 0 Å². The molecule has 0 amide bonds. The molecule has 0 saturated heterocycles. The molecule has 3 rings (SSSR count). The summed E-state index contributed by atoms with van der Waals surface area (Å²) in [7, 11) is 0. The van der Waals surface area contributed by atoms with Crippen LogP contribution in [0.15, 0.2) is 35.0 Å². The van der Waals surface area contributed by atoms with Gasteiger partial charge in [-0.2, -0.15) is 4.98 Å². The topological polar surface area (TPSA) is 84.9 Å². The summed E-state index contributed by atoms with van der Waals surface area (Å²) in [6.45, 7) is 3.61. The second-order valence-electron chi connectivity index (χ2n) is 4.41. The highest BCUT2D eigenvalue weighted by molar-refractivity contribution is 5.59. The average Bonchev–Trinajstić information content (AvgIpc) is 2.92. The van der Waals surface area contributed by atoms with Gasteiger partial charge in [0, 0.05) is 11.8 Å². The molecule has 1 N–H and O–H groups in total. The van der Waals surface area contributed by atoms with Crippen LogP contribution in [0, 0.1) is 13.8 Å². The second-order valence-corrected chi connectivity index (χ2v) is 4.41. The standard InChI is InChI=1S/C14H12N4O2/c1-8-7-10(3-4-12(8)19)14-17-13(18-20-14)11-5-6-15-9(2)16-11/h3-7,19H,1-2H3. The van der Waals surface area contributed by atoms with E-state index in [4.69, 9.17) is 4.52 Å². The van der Waals surface area contributed by atoms with Crippen LogP contribution in [0.2, 0.25) is 0 Å². The number of aromatic hydroxyl groups is 1. The molecule has 0 spiro atoms. The number of nitrogens with zero attached hydrogens (tertiary/aromatic N) is 4. The number of aryl methyl sites for hydroxylation is 2. The summed E-state index contributed by atoms with van der Waals surface area (Å²) in [4.78, 5) is 12.6. The van der Waals surface area contributed by atoms with E-state index in [1.165, 1.54) is 0 Å². The lowest BCUT2D eigenvalue weighted by atomic mass is 10.1. The van der Waals surface area contributed by atoms with E-state index in [0.717, 1.165) is 11.1 Å². The minimum absolute atomic E-state index is 0.236. The highest BCUT2D eigenvalue weighted by Crippen LogP contribution is 2.25. The summed E-state index contributed by atoms with van der Waals surface area (Å²) < 4.78 is 5.24. The third kappa shape index (κ3) is 2.23. The Balaban J connectivity index is 1.99. The van der Waals surface area contributed by atoms with Crippen LogP contribution in [-0.2, 0) is 0 Å². The van der Waals surface area contributed by atoms with Crippen molar-refractivity contribution in [2.24, 2.45) is 0 Å². The van der Waals surface area contributed by atoms with Crippen LogP contribution in [0.4, 0.5) is 0 Å². The quantitative estimate of drug-likeness (QED) is 0.768. The molecule has 6 heteroatoms. The largest absolute Gasteiger partial charge is 0.508 e. The first-order chi connectivity index (χ1) is 9.63. The summed E-state index contributed by atoms with van der Waals surface area (Å²) in [5.74, 6) is 1.69. The number of phenols is 1. The first-order valence-corrected chi connectivity index (χ1v) is 6.07. The number of rotatable bonds is 2. The predicted octanol–water partition coefficient (Wildman–Crippen LogP) is 2.52. The fraction of sp³-hybridized carbons (Fsp3) is 0.143. The lowest BCUT2D eigenvalue weighted by molar-refractivity contribution is 0.431. The molecular formula is C14H12N4O2. The van der Waals surface area contributed by atoms with Gasteiger partial charge in [-0.3, -0.25) is 0 Å². The fourth-order valence-electron chi connectivity index (χ4n) is 1.81. The van der Waals surface area contributed by atoms with Gasteiger partial charge in [0.2, 0.25) is 5.82 Å². The van der Waals surface area contributed by atoms with Gasteiger partial charge in [-0.05, 0) is 43.7 Å². The lowest BCUT2D eigenvalue weighted by Crippen LogP contribution is -1.91. The first kappa shape index (κ1) is 12.3. The zero-order chi connectivity index (χ0) is 14.1. The van der Waals surface area contributed by atoms with E-state index in [9.17, 15) is 5.11 Å². The number of benzene rings is 1. The summed E-state index contributed by atoms with van der Waals surface area (Å²) in [6.07, 6.45) is 1.65. The van der Waals surface area contributed by atoms with Gasteiger partial charge in [-0.25, -0.2) is 9.97 Å². The summed E-state index contributed by atoms with van der Waals surface area (Å²) in [6, 6.07) is 6.84. The van der Waals surface area contributed by atoms with Crippen molar-refractivity contribution in [1.29, 1.82) is 0 Å². The molecule has 0 fully saturated rings. The van der Waals surface area contributed by atoms with Gasteiger partial charge in [0.25, 0.3) is 5.89 Å². The molecule has 0 bridgehead atoms. The Morgan fingerprint density at radius 3 is 2.70 bits per heavy atom. The molecule has 0 aliphatic carbocycles. The van der Waals surface area contributed by atoms with E-state index in [2.05, 4.69) is 20.1 Å². The van der Waals surface area contributed by atoms with Gasteiger partial charge >= 0.3 is 0 Å². The minimum Gasteiger partial charge on any atom is -0.508 e. The molecule has 0 radical (unpaired) electrons. The maximum Gasteiger partial charge on any atom is 0.258 e. The van der Waals surface area contributed by atoms with Crippen molar-refractivity contribution in [2.45, 2.75) is 13.8 Å². The molecule has 2 heterocycles. The Hall–Kier alpha value is -2.76. The molecule has 20 heavy (non-hydrogen) atoms. The van der Waals surface area contributed by atoms with Gasteiger partial charge < -0.3 is 9.63 Å². The van der Waals surface area contributed by atoms with Crippen LogP contribution < -0.4 is 0 Å². The van der Waals surface area contributed by atoms with E-state index in [-0.39, 0.29) is 5.75 Å². The molecule has 1 aromatic carbocycles. The molecule has 2 aromatic heterocycles. The van der Waals surface area contributed by atoms with Crippen LogP contribution in [0.25, 0.3) is 23.0 Å². The highest BCUT2D eigenvalue weighted by atomic mass is 16.5. The molecule has 3 aromatic rings. The zero-order valence-electron chi connectivity index (χ0n) is 11.0. The van der Waals surface area contributed by atoms with E-state index in [0.29, 0.717) is 23.2 Å². The molecule has 6 nitrogen and oxygen atoms in total. The maximum atomic E-state index is 9.52. The van der Waals surface area contributed by atoms with Crippen molar-refractivity contribution in [1.82, 2.24) is 20.1 Å². The second kappa shape index (κ2) is 4.73. The predicted molar refractivity (Wildman–Crippen MR) is 71.9 cm³/mol. The van der Waals surface area contributed by atoms with Crippen molar-refractivity contribution in [3.8, 4) is 28.7 Å². The molecule has 0 aliphatic heterocycles. The Labute approximate surface area is 115 Å². The zero-order valence-corrected chi connectivity index (χ0v) is 11.0. The summed E-state index contributed by atoms with van der Waals surface area (Å²) in [5, 5.41) is 13.4. The van der Waals surface area contributed by atoms with Crippen LogP contribution in [0.5, 0.6) is 5.75 Å². The normalized spacial score (nSPS) is 10.7. The number of phenolic OH excluding ortho intramolecular Hbond substituents is 1. The van der Waals surface area contributed by atoms with Crippen LogP contribution in [0.1, 0.15) is 11.4 Å². The Morgan fingerprint density at radius 1 is 1.10 bits per heavy atom. The number of aromatic nitrogens is 4. The van der Waals surface area contributed by atoms with Gasteiger partial charge in [-0.1, -0.05) is 5.16 Å². The van der Waals surface area contributed by atoms with Crippen LogP contribution >= 0.6 is 0 Å². The van der Waals surface area contributed by atoms with Crippen molar-refractivity contribution < 1.29 is 9.63 Å². The van der Waals surface area contributed by atoms with Crippen molar-refractivity contribution in [3.05, 3.63) is 41.9 Å². The smallest absolute Gasteiger partial charge is 0.258 e. The van der Waals surface area contributed by atoms with Gasteiger partial charge in [0.1, 0.15) is 17.3 Å². The van der Waals surface area contributed by atoms with Gasteiger partial charge in [0.05, 0.1) is 0 Å². The fourth-order valence-corrected chi connectivity index (χ4v) is 1.81. The van der Waals surface area contributed by atoms with E-state index < -0.39 is 0 Å². The highest BCUT2D eigenvalue weighted by Gasteiger charge is 2.12. The van der Waals surface area contributed by atoms with Crippen molar-refractivity contribution >= 4 is 0 Å². The lowest BCUT2D eigenvalue weighted by Gasteiger charge is -1.99. The third-order valence-corrected chi connectivity index (χ3v) is 2.87. The Kier molecular flexibility index (Phi) is 2.90. The summed E-state index contributed by atoms with van der Waals surface area (Å²) in [5.41, 5.74) is 2.12. The van der Waals surface area contributed by atoms with Crippen LogP contribution in [-0.4, -0.2) is 25.2 Å². The monoisotopic (exact) mass is 268 g/mol. The average molecular weight is 268 g/mol. The number of hydrogen-bond donors (Lipinski definition) is 1. The first-order valence-electron chi connectivity index (χ1n) is 6.07. The molecule has 0 aliphatic rings. The van der Waals surface area contributed by atoms with Crippen molar-refractivity contribution in [3.63, 3.8) is 0 Å². The molecule has 0 saturated carbocycles. The minimum atomic E-state index is 0.236. The maximum absolute atomic E-state index is 9.52. The summed E-state index contributed by atoms with van der Waals surface area (Å²) >= 11 is 0. The SMILES string of the molecule is Cc1nccc(-c2noc(-c3ccc(O)c(C)c3)n2)n1.